The predicted octanol–water partition coefficient (Wildman–Crippen LogP) is 3.88. The number of aromatic nitrogens is 2. The zero-order valence-electron chi connectivity index (χ0n) is 17.5. The van der Waals surface area contributed by atoms with Gasteiger partial charge in [0.15, 0.2) is 5.69 Å². The first-order valence-electron chi connectivity index (χ1n) is 9.56. The molecule has 0 spiro atoms. The number of benzene rings is 1. The molecule has 172 valence electrons. The Kier molecular flexibility index (Phi) is 7.13. The second kappa shape index (κ2) is 9.83. The number of halogens is 3. The monoisotopic (exact) mass is 477 g/mol. The Hall–Kier alpha value is -3.72. The van der Waals surface area contributed by atoms with Crippen LogP contribution in [0.25, 0.3) is 0 Å². The van der Waals surface area contributed by atoms with Crippen LogP contribution in [-0.4, -0.2) is 26.3 Å². The van der Waals surface area contributed by atoms with Gasteiger partial charge in [-0.3, -0.25) is 19.4 Å². The summed E-state index contributed by atoms with van der Waals surface area (Å²) in [7, 11) is -1.61. The Morgan fingerprint density at radius 1 is 1.24 bits per heavy atom. The van der Waals surface area contributed by atoms with Crippen LogP contribution in [0.15, 0.2) is 47.0 Å². The van der Waals surface area contributed by atoms with Gasteiger partial charge < -0.3 is 4.42 Å². The van der Waals surface area contributed by atoms with E-state index in [0.717, 1.165) is 12.3 Å². The van der Waals surface area contributed by atoms with Crippen LogP contribution in [0.5, 0.6) is 0 Å². The van der Waals surface area contributed by atoms with E-state index >= 15 is 0 Å². The lowest BCUT2D eigenvalue weighted by molar-refractivity contribution is -0.141. The minimum atomic E-state index is -4.56. The maximum absolute atomic E-state index is 12.9. The molecular formula is C21H18F3N5O3S. The molecule has 0 saturated carbocycles. The van der Waals surface area contributed by atoms with E-state index in [9.17, 15) is 22.2 Å². The predicted molar refractivity (Wildman–Crippen MR) is 114 cm³/mol. The van der Waals surface area contributed by atoms with Crippen molar-refractivity contribution in [2.75, 3.05) is 11.2 Å². The lowest BCUT2D eigenvalue weighted by Gasteiger charge is -2.21. The van der Waals surface area contributed by atoms with Crippen molar-refractivity contribution in [1.29, 1.82) is 5.26 Å². The van der Waals surface area contributed by atoms with E-state index in [0.29, 0.717) is 23.2 Å². The number of nitrogens with zero attached hydrogens (tertiary/aromatic N) is 4. The molecule has 0 aliphatic carbocycles. The summed E-state index contributed by atoms with van der Waals surface area (Å²) in [5, 5.41) is 9.05. The topological polar surface area (TPSA) is 112 Å². The van der Waals surface area contributed by atoms with Crippen LogP contribution in [-0.2, 0) is 30.1 Å². The van der Waals surface area contributed by atoms with Crippen LogP contribution in [0.4, 0.5) is 24.9 Å². The number of hydrogen-bond acceptors (Lipinski definition) is 7. The van der Waals surface area contributed by atoms with Crippen LogP contribution < -0.4 is 9.62 Å². The first-order chi connectivity index (χ1) is 15.6. The number of amides is 1. The van der Waals surface area contributed by atoms with E-state index in [1.54, 1.807) is 31.2 Å². The van der Waals surface area contributed by atoms with E-state index in [-0.39, 0.29) is 24.0 Å². The minimum absolute atomic E-state index is 0.00323. The Bertz CT molecular complexity index is 1200. The number of pyridine rings is 1. The molecule has 8 nitrogen and oxygen atoms in total. The summed E-state index contributed by atoms with van der Waals surface area (Å²) in [4.78, 5) is 21.6. The number of rotatable bonds is 7. The van der Waals surface area contributed by atoms with E-state index in [1.165, 1.54) is 17.2 Å². The number of anilines is 2. The third-order valence-corrected chi connectivity index (χ3v) is 4.93. The molecule has 33 heavy (non-hydrogen) atoms. The van der Waals surface area contributed by atoms with Gasteiger partial charge in [-0.1, -0.05) is 13.0 Å². The maximum Gasteiger partial charge on any atom is 0.433 e. The van der Waals surface area contributed by atoms with Crippen LogP contribution in [0.1, 0.15) is 40.0 Å². The number of hydrogen-bond donors (Lipinski definition) is 1. The molecule has 0 aliphatic rings. The van der Waals surface area contributed by atoms with Crippen molar-refractivity contribution in [1.82, 2.24) is 14.7 Å². The van der Waals surface area contributed by atoms with E-state index in [2.05, 4.69) is 14.7 Å². The quantitative estimate of drug-likeness (QED) is 0.550. The molecule has 0 fully saturated rings. The van der Waals surface area contributed by atoms with Gasteiger partial charge in [-0.15, -0.1) is 0 Å². The van der Waals surface area contributed by atoms with Crippen LogP contribution >= 0.6 is 0 Å². The molecular weight excluding hydrogens is 459 g/mol. The highest BCUT2D eigenvalue weighted by Gasteiger charge is 2.32. The number of carbonyl (C=O) groups excluding carboxylic acids is 1. The Morgan fingerprint density at radius 3 is 2.45 bits per heavy atom. The standard InChI is InChI=1S/C21H18F3N5O3S/c1-3-16-18(19(30)28-33(2)31)27-20(32-16)29(15-7-4-13(10-25)5-8-15)12-14-6-9-17(26-11-14)21(22,23)24/h4-9,11H,3,12H2,1-2H3,(H,28,30). The zero-order chi connectivity index (χ0) is 24.2. The van der Waals surface area contributed by atoms with Crippen LogP contribution in [0, 0.1) is 11.3 Å². The summed E-state index contributed by atoms with van der Waals surface area (Å²) >= 11 is 0. The van der Waals surface area contributed by atoms with Gasteiger partial charge >= 0.3 is 12.2 Å². The first-order valence-corrected chi connectivity index (χ1v) is 11.1. The van der Waals surface area contributed by atoms with E-state index in [4.69, 9.17) is 9.68 Å². The Morgan fingerprint density at radius 2 is 1.94 bits per heavy atom. The van der Waals surface area contributed by atoms with Crippen LogP contribution in [0.3, 0.4) is 0 Å². The molecule has 2 heterocycles. The SMILES string of the molecule is CCc1oc(N(Cc2ccc(C(F)(F)F)nc2)c2ccc(C#N)cc2)nc1C(=O)NS(C)=O. The second-order valence-electron chi connectivity index (χ2n) is 6.80. The Labute approximate surface area is 189 Å². The molecule has 0 saturated heterocycles. The third kappa shape index (κ3) is 5.75. The molecule has 3 rings (SSSR count). The van der Waals surface area contributed by atoms with Gasteiger partial charge in [-0.2, -0.15) is 23.4 Å². The molecule has 0 radical (unpaired) electrons. The van der Waals surface area contributed by atoms with Gasteiger partial charge in [-0.25, -0.2) is 4.21 Å². The normalized spacial score (nSPS) is 12.1. The van der Waals surface area contributed by atoms with Crippen molar-refractivity contribution < 1.29 is 26.6 Å². The molecule has 3 aromatic rings. The number of carbonyl (C=O) groups is 1. The summed E-state index contributed by atoms with van der Waals surface area (Å²) < 4.78 is 58.0. The average Bonchev–Trinajstić information content (AvgIpc) is 3.21. The minimum Gasteiger partial charge on any atom is -0.428 e. The van der Waals surface area contributed by atoms with Crippen molar-refractivity contribution in [2.24, 2.45) is 0 Å². The van der Waals surface area contributed by atoms with Gasteiger partial charge in [0.2, 0.25) is 0 Å². The van der Waals surface area contributed by atoms with Gasteiger partial charge in [0.05, 0.1) is 18.2 Å². The van der Waals surface area contributed by atoms with Crippen molar-refractivity contribution in [3.8, 4) is 6.07 Å². The summed E-state index contributed by atoms with van der Waals surface area (Å²) in [5.74, 6) is -0.434. The number of aryl methyl sites for hydroxylation is 1. The fourth-order valence-electron chi connectivity index (χ4n) is 2.90. The Balaban J connectivity index is 2.02. The van der Waals surface area contributed by atoms with E-state index < -0.39 is 28.8 Å². The smallest absolute Gasteiger partial charge is 0.428 e. The van der Waals surface area contributed by atoms with Gasteiger partial charge in [0, 0.05) is 24.6 Å². The third-order valence-electron chi connectivity index (χ3n) is 4.45. The number of nitrogens with one attached hydrogen (secondary N) is 1. The highest BCUT2D eigenvalue weighted by Crippen LogP contribution is 2.31. The molecule has 0 bridgehead atoms. The van der Waals surface area contributed by atoms with Crippen LogP contribution in [0.2, 0.25) is 0 Å². The lowest BCUT2D eigenvalue weighted by Crippen LogP contribution is -2.26. The van der Waals surface area contributed by atoms with Gasteiger partial charge in [0.1, 0.15) is 22.4 Å². The first kappa shape index (κ1) is 23.9. The lowest BCUT2D eigenvalue weighted by atomic mass is 10.2. The van der Waals surface area contributed by atoms with Gasteiger partial charge in [0.25, 0.3) is 5.91 Å². The molecule has 2 aromatic heterocycles. The summed E-state index contributed by atoms with van der Waals surface area (Å²) in [6, 6.07) is 10.5. The van der Waals surface area contributed by atoms with Crippen molar-refractivity contribution >= 4 is 28.6 Å². The van der Waals surface area contributed by atoms with E-state index in [1.807, 2.05) is 6.07 Å². The summed E-state index contributed by atoms with van der Waals surface area (Å²) in [6.07, 6.45) is -1.86. The molecule has 1 amide bonds. The summed E-state index contributed by atoms with van der Waals surface area (Å²) in [6.45, 7) is 1.76. The van der Waals surface area contributed by atoms with Gasteiger partial charge in [-0.05, 0) is 35.9 Å². The zero-order valence-corrected chi connectivity index (χ0v) is 18.3. The highest BCUT2D eigenvalue weighted by molar-refractivity contribution is 7.82. The largest absolute Gasteiger partial charge is 0.433 e. The average molecular weight is 477 g/mol. The fourth-order valence-corrected chi connectivity index (χ4v) is 3.26. The van der Waals surface area contributed by atoms with Crippen molar-refractivity contribution in [3.63, 3.8) is 0 Å². The molecule has 1 unspecified atom stereocenters. The highest BCUT2D eigenvalue weighted by atomic mass is 32.2. The molecule has 1 atom stereocenters. The molecule has 1 aromatic carbocycles. The molecule has 0 aliphatic heterocycles. The second-order valence-corrected chi connectivity index (χ2v) is 7.91. The number of alkyl halides is 3. The summed E-state index contributed by atoms with van der Waals surface area (Å²) in [5.41, 5.74) is 0.272. The number of oxazole rings is 1. The fraction of sp³-hybridized carbons (Fsp3) is 0.238. The maximum atomic E-state index is 12.9. The molecule has 1 N–H and O–H groups in total. The van der Waals surface area contributed by atoms with Crippen molar-refractivity contribution in [2.45, 2.75) is 26.1 Å². The number of nitriles is 1. The van der Waals surface area contributed by atoms with Crippen molar-refractivity contribution in [3.05, 3.63) is 70.9 Å². The molecule has 12 heteroatoms.